The fourth-order valence-electron chi connectivity index (χ4n) is 2.21. The van der Waals surface area contributed by atoms with Crippen LogP contribution in [0.3, 0.4) is 0 Å². The quantitative estimate of drug-likeness (QED) is 0.475. The third-order valence-corrected chi connectivity index (χ3v) is 3.85. The summed E-state index contributed by atoms with van der Waals surface area (Å²) >= 11 is 6.01. The summed E-state index contributed by atoms with van der Waals surface area (Å²) in [4.78, 5) is 37.0. The molecule has 0 amide bonds. The van der Waals surface area contributed by atoms with Gasteiger partial charge >= 0.3 is 5.97 Å². The van der Waals surface area contributed by atoms with Gasteiger partial charge in [0.2, 0.25) is 0 Å². The van der Waals surface area contributed by atoms with Crippen LogP contribution in [0.1, 0.15) is 38.1 Å². The molecule has 0 heterocycles. The molecule has 5 heteroatoms. The number of methoxy groups -OCH3 is 1. The molecule has 21 heavy (non-hydrogen) atoms. The van der Waals surface area contributed by atoms with E-state index in [9.17, 15) is 14.4 Å². The molecule has 0 bridgehead atoms. The standard InChI is InChI=1S/C16H19ClO4/c1-15(2,13(19)16(3,4)14(20)21-5)12(18)10-8-6-7-9-11(10)17/h6-9H,1-5H3. The summed E-state index contributed by atoms with van der Waals surface area (Å²) in [5.74, 6) is -1.60. The Bertz CT molecular complexity index is 588. The fourth-order valence-corrected chi connectivity index (χ4v) is 2.44. The van der Waals surface area contributed by atoms with Gasteiger partial charge in [-0.05, 0) is 39.8 Å². The number of hydrogen-bond acceptors (Lipinski definition) is 4. The van der Waals surface area contributed by atoms with E-state index < -0.39 is 28.4 Å². The first-order chi connectivity index (χ1) is 9.56. The van der Waals surface area contributed by atoms with Gasteiger partial charge in [0.05, 0.1) is 17.5 Å². The lowest BCUT2D eigenvalue weighted by atomic mass is 9.70. The average Bonchev–Trinajstić information content (AvgIpc) is 2.45. The predicted octanol–water partition coefficient (Wildman–Crippen LogP) is 3.32. The van der Waals surface area contributed by atoms with Crippen LogP contribution in [0.25, 0.3) is 0 Å². The van der Waals surface area contributed by atoms with Gasteiger partial charge in [0.15, 0.2) is 11.6 Å². The Balaban J connectivity index is 3.22. The molecule has 0 aliphatic carbocycles. The molecular weight excluding hydrogens is 292 g/mol. The minimum atomic E-state index is -1.41. The summed E-state index contributed by atoms with van der Waals surface area (Å²) in [6, 6.07) is 6.52. The lowest BCUT2D eigenvalue weighted by molar-refractivity contribution is -0.157. The van der Waals surface area contributed by atoms with Gasteiger partial charge in [-0.2, -0.15) is 0 Å². The summed E-state index contributed by atoms with van der Waals surface area (Å²) in [5.41, 5.74) is -2.53. The lowest BCUT2D eigenvalue weighted by Crippen LogP contribution is -2.46. The minimum absolute atomic E-state index is 0.262. The first-order valence-electron chi connectivity index (χ1n) is 6.49. The molecule has 0 radical (unpaired) electrons. The van der Waals surface area contributed by atoms with E-state index in [1.165, 1.54) is 34.8 Å². The molecule has 0 aromatic heterocycles. The maximum Gasteiger partial charge on any atom is 0.318 e. The van der Waals surface area contributed by atoms with Crippen molar-refractivity contribution in [1.82, 2.24) is 0 Å². The van der Waals surface area contributed by atoms with Gasteiger partial charge in [-0.15, -0.1) is 0 Å². The van der Waals surface area contributed by atoms with Crippen molar-refractivity contribution in [2.75, 3.05) is 7.11 Å². The van der Waals surface area contributed by atoms with Gasteiger partial charge < -0.3 is 4.74 Å². The van der Waals surface area contributed by atoms with Crippen LogP contribution >= 0.6 is 11.6 Å². The highest BCUT2D eigenvalue weighted by molar-refractivity contribution is 6.35. The van der Waals surface area contributed by atoms with Crippen molar-refractivity contribution in [3.63, 3.8) is 0 Å². The zero-order valence-electron chi connectivity index (χ0n) is 12.8. The maximum absolute atomic E-state index is 12.6. The van der Waals surface area contributed by atoms with Crippen LogP contribution in [-0.2, 0) is 14.3 Å². The van der Waals surface area contributed by atoms with Crippen molar-refractivity contribution in [2.24, 2.45) is 10.8 Å². The number of halogens is 1. The molecule has 0 aliphatic rings. The Morgan fingerprint density at radius 1 is 1.00 bits per heavy atom. The molecule has 0 atom stereocenters. The van der Waals surface area contributed by atoms with Crippen LogP contribution in [0.4, 0.5) is 0 Å². The summed E-state index contributed by atoms with van der Waals surface area (Å²) in [6.07, 6.45) is 0. The van der Waals surface area contributed by atoms with Gasteiger partial charge in [0.25, 0.3) is 0 Å². The zero-order chi connectivity index (χ0) is 16.4. The van der Waals surface area contributed by atoms with E-state index >= 15 is 0 Å². The second-order valence-electron chi connectivity index (χ2n) is 5.88. The van der Waals surface area contributed by atoms with E-state index in [0.717, 1.165) is 0 Å². The van der Waals surface area contributed by atoms with Crippen LogP contribution < -0.4 is 0 Å². The molecule has 0 N–H and O–H groups in total. The Hall–Kier alpha value is -1.68. The molecule has 114 valence electrons. The van der Waals surface area contributed by atoms with E-state index in [2.05, 4.69) is 4.74 Å². The maximum atomic E-state index is 12.6. The first kappa shape index (κ1) is 17.4. The Morgan fingerprint density at radius 2 is 1.52 bits per heavy atom. The van der Waals surface area contributed by atoms with Crippen LogP contribution in [0.2, 0.25) is 5.02 Å². The highest BCUT2D eigenvalue weighted by Crippen LogP contribution is 2.34. The SMILES string of the molecule is COC(=O)C(C)(C)C(=O)C(C)(C)C(=O)c1ccccc1Cl. The van der Waals surface area contributed by atoms with Crippen molar-refractivity contribution in [3.05, 3.63) is 34.9 Å². The minimum Gasteiger partial charge on any atom is -0.468 e. The normalized spacial score (nSPS) is 11.9. The molecule has 1 aromatic carbocycles. The monoisotopic (exact) mass is 310 g/mol. The number of benzene rings is 1. The summed E-state index contributed by atoms with van der Waals surface area (Å²) in [5, 5.41) is 0.277. The molecular formula is C16H19ClO4. The van der Waals surface area contributed by atoms with Crippen LogP contribution in [0.15, 0.2) is 24.3 Å². The number of carbonyl (C=O) groups is 3. The number of esters is 1. The van der Waals surface area contributed by atoms with Crippen LogP contribution in [-0.4, -0.2) is 24.6 Å². The van der Waals surface area contributed by atoms with E-state index in [4.69, 9.17) is 11.6 Å². The van der Waals surface area contributed by atoms with Gasteiger partial charge in [0.1, 0.15) is 5.41 Å². The average molecular weight is 311 g/mol. The van der Waals surface area contributed by atoms with Crippen molar-refractivity contribution in [2.45, 2.75) is 27.7 Å². The van der Waals surface area contributed by atoms with Crippen molar-refractivity contribution in [3.8, 4) is 0 Å². The smallest absolute Gasteiger partial charge is 0.318 e. The number of hydrogen-bond donors (Lipinski definition) is 0. The van der Waals surface area contributed by atoms with E-state index in [1.54, 1.807) is 24.3 Å². The Kier molecular flexibility index (Phi) is 4.95. The third kappa shape index (κ3) is 3.16. The van der Waals surface area contributed by atoms with Crippen molar-refractivity contribution in [1.29, 1.82) is 0 Å². The Labute approximate surface area is 129 Å². The van der Waals surface area contributed by atoms with Gasteiger partial charge in [-0.25, -0.2) is 0 Å². The van der Waals surface area contributed by atoms with Crippen LogP contribution in [0, 0.1) is 10.8 Å². The van der Waals surface area contributed by atoms with E-state index in [0.29, 0.717) is 0 Å². The molecule has 0 aliphatic heterocycles. The number of ketones is 2. The van der Waals surface area contributed by atoms with Gasteiger partial charge in [-0.1, -0.05) is 23.7 Å². The van der Waals surface area contributed by atoms with E-state index in [1.807, 2.05) is 0 Å². The van der Waals surface area contributed by atoms with Gasteiger partial charge in [-0.3, -0.25) is 14.4 Å². The van der Waals surface area contributed by atoms with Crippen LogP contribution in [0.5, 0.6) is 0 Å². The molecule has 0 saturated heterocycles. The summed E-state index contributed by atoms with van der Waals surface area (Å²) < 4.78 is 4.64. The highest BCUT2D eigenvalue weighted by Gasteiger charge is 2.49. The number of carbonyl (C=O) groups excluding carboxylic acids is 3. The molecule has 0 saturated carbocycles. The number of rotatable bonds is 5. The lowest BCUT2D eigenvalue weighted by Gasteiger charge is -2.30. The topological polar surface area (TPSA) is 60.4 Å². The largest absolute Gasteiger partial charge is 0.468 e. The number of ether oxygens (including phenoxy) is 1. The molecule has 1 aromatic rings. The zero-order valence-corrected chi connectivity index (χ0v) is 13.6. The summed E-state index contributed by atoms with van der Waals surface area (Å²) in [7, 11) is 1.21. The predicted molar refractivity (Wildman–Crippen MR) is 80.4 cm³/mol. The van der Waals surface area contributed by atoms with Crippen molar-refractivity contribution < 1.29 is 19.1 Å². The molecule has 0 fully saturated rings. The highest BCUT2D eigenvalue weighted by atomic mass is 35.5. The third-order valence-electron chi connectivity index (χ3n) is 3.52. The Morgan fingerprint density at radius 3 is 2.00 bits per heavy atom. The molecule has 4 nitrogen and oxygen atoms in total. The number of Topliss-reactive ketones (excluding diaryl/α,β-unsaturated/α-hetero) is 2. The second-order valence-corrected chi connectivity index (χ2v) is 6.29. The second kappa shape index (κ2) is 5.98. The summed E-state index contributed by atoms with van der Waals surface area (Å²) in [6.45, 7) is 5.88. The van der Waals surface area contributed by atoms with Crippen molar-refractivity contribution >= 4 is 29.1 Å². The van der Waals surface area contributed by atoms with Gasteiger partial charge in [0, 0.05) is 5.56 Å². The molecule has 1 rings (SSSR count). The van der Waals surface area contributed by atoms with E-state index in [-0.39, 0.29) is 10.6 Å². The first-order valence-corrected chi connectivity index (χ1v) is 6.87. The molecule has 0 spiro atoms. The fraction of sp³-hybridized carbons (Fsp3) is 0.438. The molecule has 0 unspecified atom stereocenters.